The van der Waals surface area contributed by atoms with Gasteiger partial charge in [0.25, 0.3) is 10.0 Å². The summed E-state index contributed by atoms with van der Waals surface area (Å²) in [6, 6.07) is 18.5. The minimum atomic E-state index is -3.79. The number of nitrogens with one attached hydrogen (secondary N) is 1. The van der Waals surface area contributed by atoms with Crippen LogP contribution in [0.2, 0.25) is 0 Å². The third kappa shape index (κ3) is 2.83. The molecule has 0 aliphatic heterocycles. The van der Waals surface area contributed by atoms with E-state index in [0.717, 1.165) is 45.2 Å². The maximum atomic E-state index is 13.0. The van der Waals surface area contributed by atoms with E-state index in [0.29, 0.717) is 10.4 Å². The van der Waals surface area contributed by atoms with Crippen molar-refractivity contribution >= 4 is 59.1 Å². The molecule has 0 spiro atoms. The van der Waals surface area contributed by atoms with Gasteiger partial charge in [0.15, 0.2) is 0 Å². The molecule has 0 unspecified atom stereocenters. The van der Waals surface area contributed by atoms with Crippen LogP contribution in [-0.4, -0.2) is 17.6 Å². The Morgan fingerprint density at radius 3 is 2.47 bits per heavy atom. The van der Waals surface area contributed by atoms with Gasteiger partial charge in [-0.05, 0) is 49.4 Å². The number of para-hydroxylation sites is 1. The summed E-state index contributed by atoms with van der Waals surface area (Å²) in [5, 5.41) is 2.09. The number of aromatic nitrogens is 2. The Labute approximate surface area is 177 Å². The molecule has 30 heavy (non-hydrogen) atoms. The number of aryl methyl sites for hydroxylation is 2. The van der Waals surface area contributed by atoms with Crippen molar-refractivity contribution in [3.8, 4) is 0 Å². The maximum Gasteiger partial charge on any atom is 0.307 e. The van der Waals surface area contributed by atoms with Gasteiger partial charge in [0.2, 0.25) is 0 Å². The molecule has 0 fully saturated rings. The molecule has 152 valence electrons. The van der Waals surface area contributed by atoms with Gasteiger partial charge in [-0.2, -0.15) is 0 Å². The summed E-state index contributed by atoms with van der Waals surface area (Å²) in [5.74, 6) is 0. The van der Waals surface area contributed by atoms with Gasteiger partial charge in [-0.15, -0.1) is 0 Å². The van der Waals surface area contributed by atoms with Crippen LogP contribution in [0.1, 0.15) is 6.92 Å². The first-order chi connectivity index (χ1) is 14.4. The lowest BCUT2D eigenvalue weighted by atomic mass is 10.1. The zero-order valence-electron chi connectivity index (χ0n) is 16.4. The third-order valence-corrected chi connectivity index (χ3v) is 7.79. The molecule has 0 amide bonds. The lowest BCUT2D eigenvalue weighted by Gasteiger charge is -2.09. The molecule has 1 N–H and O–H groups in total. The lowest BCUT2D eigenvalue weighted by Crippen LogP contribution is -2.13. The molecule has 5 aromatic rings. The topological polar surface area (TPSA) is 73.1 Å². The van der Waals surface area contributed by atoms with Crippen LogP contribution in [0.5, 0.6) is 0 Å². The highest BCUT2D eigenvalue weighted by atomic mass is 32.2. The van der Waals surface area contributed by atoms with Crippen molar-refractivity contribution < 1.29 is 8.42 Å². The molecule has 0 saturated carbocycles. The molecule has 8 heteroatoms. The van der Waals surface area contributed by atoms with E-state index in [2.05, 4.69) is 22.3 Å². The third-order valence-electron chi connectivity index (χ3n) is 5.41. The van der Waals surface area contributed by atoms with E-state index in [1.807, 2.05) is 30.3 Å². The monoisotopic (exact) mass is 437 g/mol. The average Bonchev–Trinajstić information content (AvgIpc) is 3.21. The molecule has 0 aliphatic rings. The molecule has 0 aliphatic carbocycles. The van der Waals surface area contributed by atoms with Crippen LogP contribution < -0.4 is 9.60 Å². The Morgan fingerprint density at radius 1 is 0.933 bits per heavy atom. The first-order valence-corrected chi connectivity index (χ1v) is 11.8. The molecule has 0 radical (unpaired) electrons. The number of anilines is 1. The highest BCUT2D eigenvalue weighted by Gasteiger charge is 2.18. The molecular weight excluding hydrogens is 418 g/mol. The summed E-state index contributed by atoms with van der Waals surface area (Å²) >= 11 is 1.04. The predicted molar refractivity (Wildman–Crippen MR) is 123 cm³/mol. The van der Waals surface area contributed by atoms with Crippen LogP contribution in [0.25, 0.3) is 32.0 Å². The smallest absolute Gasteiger partial charge is 0.307 e. The van der Waals surface area contributed by atoms with Crippen molar-refractivity contribution in [1.29, 1.82) is 0 Å². The zero-order chi connectivity index (χ0) is 21.0. The van der Waals surface area contributed by atoms with Gasteiger partial charge < -0.3 is 9.13 Å². The number of nitrogens with zero attached hydrogens (tertiary/aromatic N) is 2. The van der Waals surface area contributed by atoms with Crippen LogP contribution in [0.4, 0.5) is 5.69 Å². The number of thiazole rings is 1. The summed E-state index contributed by atoms with van der Waals surface area (Å²) in [5.41, 5.74) is 3.41. The number of rotatable bonds is 4. The van der Waals surface area contributed by atoms with Gasteiger partial charge in [-0.3, -0.25) is 9.52 Å². The van der Waals surface area contributed by atoms with Gasteiger partial charge in [0.05, 0.1) is 15.1 Å². The van der Waals surface area contributed by atoms with E-state index >= 15 is 0 Å². The largest absolute Gasteiger partial charge is 0.341 e. The quantitative estimate of drug-likeness (QED) is 0.449. The fourth-order valence-electron chi connectivity index (χ4n) is 3.95. The van der Waals surface area contributed by atoms with Crippen molar-refractivity contribution in [1.82, 2.24) is 9.13 Å². The van der Waals surface area contributed by atoms with Crippen LogP contribution >= 0.6 is 11.3 Å². The zero-order valence-corrected chi connectivity index (χ0v) is 18.0. The molecule has 0 atom stereocenters. The van der Waals surface area contributed by atoms with Crippen molar-refractivity contribution in [3.63, 3.8) is 0 Å². The highest BCUT2D eigenvalue weighted by Crippen LogP contribution is 2.32. The van der Waals surface area contributed by atoms with E-state index in [-0.39, 0.29) is 9.77 Å². The number of sulfonamides is 1. The van der Waals surface area contributed by atoms with E-state index in [1.165, 1.54) is 10.6 Å². The first kappa shape index (κ1) is 18.9. The summed E-state index contributed by atoms with van der Waals surface area (Å²) in [6.45, 7) is 2.92. The van der Waals surface area contributed by atoms with Crippen molar-refractivity contribution in [3.05, 3.63) is 70.3 Å². The van der Waals surface area contributed by atoms with Gasteiger partial charge in [0.1, 0.15) is 0 Å². The van der Waals surface area contributed by atoms with E-state index in [4.69, 9.17) is 0 Å². The lowest BCUT2D eigenvalue weighted by molar-refractivity contribution is 0.601. The van der Waals surface area contributed by atoms with Crippen LogP contribution in [-0.2, 0) is 23.6 Å². The number of fused-ring (bicyclic) bond motifs is 4. The van der Waals surface area contributed by atoms with E-state index in [9.17, 15) is 13.2 Å². The molecular formula is C22H19N3O3S2. The fraction of sp³-hybridized carbons (Fsp3) is 0.136. The van der Waals surface area contributed by atoms with Crippen molar-refractivity contribution in [2.45, 2.75) is 18.4 Å². The molecule has 5 rings (SSSR count). The van der Waals surface area contributed by atoms with Gasteiger partial charge in [0, 0.05) is 41.1 Å². The Bertz CT molecular complexity index is 1610. The number of hydrogen-bond acceptors (Lipinski definition) is 4. The second-order valence-corrected chi connectivity index (χ2v) is 9.83. The van der Waals surface area contributed by atoms with Crippen LogP contribution in [0, 0.1) is 0 Å². The Balaban J connectivity index is 1.59. The van der Waals surface area contributed by atoms with Crippen LogP contribution in [0.15, 0.2) is 70.4 Å². The molecule has 0 bridgehead atoms. The molecule has 3 aromatic carbocycles. The Hall–Kier alpha value is -3.10. The highest BCUT2D eigenvalue weighted by molar-refractivity contribution is 7.92. The second kappa shape index (κ2) is 6.72. The average molecular weight is 438 g/mol. The van der Waals surface area contributed by atoms with Gasteiger partial charge in [-0.25, -0.2) is 8.42 Å². The standard InChI is InChI=1S/C22H19N3O3S2/c1-3-25-18-7-5-4-6-16(18)17-12-14(8-10-19(17)25)23-30(27,28)15-9-11-20-21(13-15)29-22(26)24(20)2/h4-13,23H,3H2,1-2H3. The van der Waals surface area contributed by atoms with Gasteiger partial charge in [-0.1, -0.05) is 29.5 Å². The molecule has 2 aromatic heterocycles. The van der Waals surface area contributed by atoms with Crippen molar-refractivity contribution in [2.75, 3.05) is 4.72 Å². The minimum absolute atomic E-state index is 0.120. The predicted octanol–water partition coefficient (Wildman–Crippen LogP) is 4.53. The Kier molecular flexibility index (Phi) is 4.23. The molecule has 2 heterocycles. The number of benzene rings is 3. The van der Waals surface area contributed by atoms with Gasteiger partial charge >= 0.3 is 4.87 Å². The molecule has 0 saturated heterocycles. The second-order valence-electron chi connectivity index (χ2n) is 7.16. The summed E-state index contributed by atoms with van der Waals surface area (Å²) in [4.78, 5) is 11.9. The Morgan fingerprint density at radius 2 is 1.67 bits per heavy atom. The normalized spacial score (nSPS) is 12.2. The van der Waals surface area contributed by atoms with Crippen LogP contribution in [0.3, 0.4) is 0 Å². The summed E-state index contributed by atoms with van der Waals surface area (Å²) < 4.78 is 33.1. The minimum Gasteiger partial charge on any atom is -0.341 e. The summed E-state index contributed by atoms with van der Waals surface area (Å²) in [7, 11) is -2.11. The SMILES string of the molecule is CCn1c2ccccc2c2cc(NS(=O)(=O)c3ccc4c(c3)sc(=O)n4C)ccc21. The number of hydrogen-bond donors (Lipinski definition) is 1. The van der Waals surface area contributed by atoms with E-state index in [1.54, 1.807) is 25.2 Å². The fourth-order valence-corrected chi connectivity index (χ4v) is 6.02. The van der Waals surface area contributed by atoms with Crippen molar-refractivity contribution in [2.24, 2.45) is 7.05 Å². The van der Waals surface area contributed by atoms with E-state index < -0.39 is 10.0 Å². The maximum absolute atomic E-state index is 13.0. The first-order valence-electron chi connectivity index (χ1n) is 9.52. The molecule has 6 nitrogen and oxygen atoms in total. The summed E-state index contributed by atoms with van der Waals surface area (Å²) in [6.07, 6.45) is 0.